The summed E-state index contributed by atoms with van der Waals surface area (Å²) in [6.45, 7) is 12.2. The Balaban J connectivity index is 0.00000216. The lowest BCUT2D eigenvalue weighted by Crippen LogP contribution is -2.49. The zero-order valence-corrected chi connectivity index (χ0v) is 24.2. The SMILES string of the molecule is CC.CC(C)=CCC/C(C)=C/CCC1(C)Oc2c(c(O)cc3c2CN(c2ccc(O)cc2OOO)C3=O)CC1O. The molecule has 40 heavy (non-hydrogen) atoms. The van der Waals surface area contributed by atoms with Crippen molar-refractivity contribution in [2.75, 3.05) is 4.90 Å². The van der Waals surface area contributed by atoms with Crippen LogP contribution in [-0.2, 0) is 18.0 Å². The first kappa shape index (κ1) is 31.0. The average molecular weight is 556 g/mol. The highest BCUT2D eigenvalue weighted by Crippen LogP contribution is 2.48. The molecule has 2 heterocycles. The zero-order valence-electron chi connectivity index (χ0n) is 24.2. The number of hydrogen-bond acceptors (Lipinski definition) is 8. The van der Waals surface area contributed by atoms with Gasteiger partial charge in [0.05, 0.1) is 23.9 Å². The van der Waals surface area contributed by atoms with Crippen molar-refractivity contribution in [3.05, 3.63) is 64.3 Å². The molecule has 4 rings (SSSR count). The van der Waals surface area contributed by atoms with Gasteiger partial charge in [-0.1, -0.05) is 37.1 Å². The second-order valence-corrected chi connectivity index (χ2v) is 10.5. The van der Waals surface area contributed by atoms with Gasteiger partial charge in [0.25, 0.3) is 5.91 Å². The number of phenols is 2. The van der Waals surface area contributed by atoms with Gasteiger partial charge in [-0.3, -0.25) is 4.79 Å². The number of nitrogens with zero attached hydrogens (tertiary/aromatic N) is 1. The molecule has 2 aliphatic heterocycles. The van der Waals surface area contributed by atoms with Crippen LogP contribution in [0, 0.1) is 0 Å². The molecule has 0 fully saturated rings. The van der Waals surface area contributed by atoms with E-state index < -0.39 is 17.6 Å². The van der Waals surface area contributed by atoms with Crippen LogP contribution in [0.15, 0.2) is 47.6 Å². The minimum absolute atomic E-state index is 0.0698. The van der Waals surface area contributed by atoms with E-state index in [9.17, 15) is 20.1 Å². The second-order valence-electron chi connectivity index (χ2n) is 10.5. The maximum Gasteiger partial charge on any atom is 0.259 e. The lowest BCUT2D eigenvalue weighted by atomic mass is 9.84. The van der Waals surface area contributed by atoms with Crippen molar-refractivity contribution >= 4 is 11.6 Å². The van der Waals surface area contributed by atoms with Gasteiger partial charge in [0.2, 0.25) is 0 Å². The first-order chi connectivity index (χ1) is 19.0. The first-order valence-corrected chi connectivity index (χ1v) is 13.7. The zero-order chi connectivity index (χ0) is 29.6. The van der Waals surface area contributed by atoms with E-state index in [0.29, 0.717) is 29.7 Å². The predicted octanol–water partition coefficient (Wildman–Crippen LogP) is 6.60. The number of allylic oxidation sites excluding steroid dienone is 4. The van der Waals surface area contributed by atoms with Crippen molar-refractivity contribution in [2.24, 2.45) is 0 Å². The smallest absolute Gasteiger partial charge is 0.259 e. The molecule has 2 aromatic carbocycles. The van der Waals surface area contributed by atoms with Gasteiger partial charge in [0.15, 0.2) is 5.75 Å². The van der Waals surface area contributed by atoms with Crippen LogP contribution < -0.4 is 14.5 Å². The van der Waals surface area contributed by atoms with E-state index in [2.05, 4.69) is 38.0 Å². The standard InChI is InChI=1S/C29H35NO8.C2H6/c1-17(2)7-5-8-18(3)9-6-12-29(4)26(33)15-21-24(32)14-20-22(27(21)36-29)16-30(28(20)34)23-11-10-19(31)13-25(23)37-38-35;1-2/h7,9-11,13-14,26,31-33,35H,5-6,8,12,15-16H2,1-4H3;1-2H3/b18-9+;. The minimum Gasteiger partial charge on any atom is -0.508 e. The highest BCUT2D eigenvalue weighted by atomic mass is 17.5. The Morgan fingerprint density at radius 3 is 2.52 bits per heavy atom. The predicted molar refractivity (Wildman–Crippen MR) is 153 cm³/mol. The number of benzene rings is 2. The van der Waals surface area contributed by atoms with Gasteiger partial charge in [-0.15, -0.1) is 0 Å². The fraction of sp³-hybridized carbons (Fsp3) is 0.452. The fourth-order valence-electron chi connectivity index (χ4n) is 5.03. The molecule has 0 saturated carbocycles. The van der Waals surface area contributed by atoms with E-state index in [1.165, 1.54) is 40.3 Å². The molecule has 9 heteroatoms. The van der Waals surface area contributed by atoms with Crippen LogP contribution >= 0.6 is 0 Å². The third kappa shape index (κ3) is 6.60. The van der Waals surface area contributed by atoms with E-state index in [1.807, 2.05) is 20.8 Å². The Bertz CT molecular complexity index is 1280. The van der Waals surface area contributed by atoms with Gasteiger partial charge in [-0.05, 0) is 76.6 Å². The number of carbonyl (C=O) groups is 1. The molecule has 0 aliphatic carbocycles. The summed E-state index contributed by atoms with van der Waals surface area (Å²) < 4.78 is 6.42. The third-order valence-electron chi connectivity index (χ3n) is 7.28. The molecule has 0 radical (unpaired) electrons. The minimum atomic E-state index is -0.917. The van der Waals surface area contributed by atoms with Crippen molar-refractivity contribution in [3.8, 4) is 23.0 Å². The number of ether oxygens (including phenoxy) is 1. The molecule has 0 saturated heterocycles. The Hall–Kier alpha value is -3.53. The summed E-state index contributed by atoms with van der Waals surface area (Å²) in [5, 5.41) is 44.1. The first-order valence-electron chi connectivity index (χ1n) is 13.7. The van der Waals surface area contributed by atoms with Gasteiger partial charge in [0.1, 0.15) is 22.8 Å². The average Bonchev–Trinajstić information content (AvgIpc) is 3.22. The van der Waals surface area contributed by atoms with E-state index in [-0.39, 0.29) is 41.5 Å². The molecule has 218 valence electrons. The van der Waals surface area contributed by atoms with Gasteiger partial charge in [-0.2, -0.15) is 0 Å². The molecule has 0 aromatic heterocycles. The van der Waals surface area contributed by atoms with Crippen LogP contribution in [0.3, 0.4) is 0 Å². The van der Waals surface area contributed by atoms with Crippen molar-refractivity contribution in [1.82, 2.24) is 0 Å². The number of rotatable bonds is 9. The van der Waals surface area contributed by atoms with E-state index >= 15 is 0 Å². The normalized spacial score (nSPS) is 19.7. The van der Waals surface area contributed by atoms with Crippen LogP contribution in [0.25, 0.3) is 0 Å². The molecule has 2 aliphatic rings. The molecule has 2 unspecified atom stereocenters. The molecule has 0 bridgehead atoms. The number of carbonyl (C=O) groups excluding carboxylic acids is 1. The molecular weight excluding hydrogens is 514 g/mol. The number of hydrogen-bond donors (Lipinski definition) is 4. The van der Waals surface area contributed by atoms with E-state index in [1.54, 1.807) is 0 Å². The number of phenolic OH excluding ortho intramolecular Hbond substituents is 2. The van der Waals surface area contributed by atoms with Gasteiger partial charge >= 0.3 is 0 Å². The molecule has 0 spiro atoms. The number of aromatic hydroxyl groups is 2. The van der Waals surface area contributed by atoms with Crippen LogP contribution in [0.1, 0.15) is 88.7 Å². The highest BCUT2D eigenvalue weighted by Gasteiger charge is 2.44. The quantitative estimate of drug-likeness (QED) is 0.155. The lowest BCUT2D eigenvalue weighted by molar-refractivity contribution is -0.438. The number of amides is 1. The maximum absolute atomic E-state index is 13.4. The van der Waals surface area contributed by atoms with Crippen LogP contribution in [0.2, 0.25) is 0 Å². The second kappa shape index (κ2) is 13.2. The third-order valence-corrected chi connectivity index (χ3v) is 7.28. The summed E-state index contributed by atoms with van der Waals surface area (Å²) in [6.07, 6.45) is 6.96. The molecule has 2 aromatic rings. The Morgan fingerprint density at radius 1 is 1.12 bits per heavy atom. The van der Waals surface area contributed by atoms with Crippen LogP contribution in [0.4, 0.5) is 5.69 Å². The molecule has 2 atom stereocenters. The van der Waals surface area contributed by atoms with Crippen molar-refractivity contribution in [3.63, 3.8) is 0 Å². The maximum atomic E-state index is 13.4. The number of aliphatic hydroxyl groups is 1. The molecule has 4 N–H and O–H groups in total. The monoisotopic (exact) mass is 555 g/mol. The summed E-state index contributed by atoms with van der Waals surface area (Å²) >= 11 is 0. The molecular formula is C31H41NO8. The summed E-state index contributed by atoms with van der Waals surface area (Å²) in [7, 11) is 0. The van der Waals surface area contributed by atoms with Gasteiger partial charge in [0, 0.05) is 23.6 Å². The lowest BCUT2D eigenvalue weighted by Gasteiger charge is -2.40. The van der Waals surface area contributed by atoms with Crippen LogP contribution in [0.5, 0.6) is 23.0 Å². The number of aliphatic hydroxyl groups excluding tert-OH is 1. The Kier molecular flexibility index (Phi) is 10.2. The highest BCUT2D eigenvalue weighted by molar-refractivity contribution is 6.11. The molecule has 9 nitrogen and oxygen atoms in total. The fourth-order valence-corrected chi connectivity index (χ4v) is 5.03. The molecule has 1 amide bonds. The summed E-state index contributed by atoms with van der Waals surface area (Å²) in [5.41, 5.74) is 3.20. The summed E-state index contributed by atoms with van der Waals surface area (Å²) in [6, 6.07) is 5.42. The van der Waals surface area contributed by atoms with Crippen molar-refractivity contribution in [2.45, 2.75) is 91.9 Å². The van der Waals surface area contributed by atoms with E-state index in [0.717, 1.165) is 12.8 Å². The van der Waals surface area contributed by atoms with Gasteiger partial charge < -0.3 is 29.8 Å². The largest absolute Gasteiger partial charge is 0.508 e. The summed E-state index contributed by atoms with van der Waals surface area (Å²) in [5.74, 6) is -0.356. The number of anilines is 1. The summed E-state index contributed by atoms with van der Waals surface area (Å²) in [4.78, 5) is 19.5. The van der Waals surface area contributed by atoms with Crippen LogP contribution in [-0.4, -0.2) is 38.2 Å². The topological polar surface area (TPSA) is 129 Å². The Morgan fingerprint density at radius 2 is 1.85 bits per heavy atom. The van der Waals surface area contributed by atoms with Gasteiger partial charge in [-0.25, -0.2) is 5.26 Å². The number of fused-ring (bicyclic) bond motifs is 3. The van der Waals surface area contributed by atoms with Crippen molar-refractivity contribution in [1.29, 1.82) is 0 Å². The van der Waals surface area contributed by atoms with Crippen molar-refractivity contribution < 1.29 is 40.0 Å². The Labute approximate surface area is 235 Å². The van der Waals surface area contributed by atoms with E-state index in [4.69, 9.17) is 14.9 Å².